The number of alkyl halides is 2. The van der Waals surface area contributed by atoms with Crippen LogP contribution in [0.2, 0.25) is 0 Å². The molecule has 1 saturated carbocycles. The average molecular weight is 210 g/mol. The second kappa shape index (κ2) is 4.01. The molecule has 0 heterocycles. The molecule has 1 fully saturated rings. The Morgan fingerprint density at radius 2 is 2.13 bits per heavy atom. The Morgan fingerprint density at radius 1 is 1.40 bits per heavy atom. The first-order valence-electron chi connectivity index (χ1n) is 4.92. The number of ether oxygens (including phenoxy) is 1. The zero-order valence-corrected chi connectivity index (χ0v) is 8.25. The highest BCUT2D eigenvalue weighted by Crippen LogP contribution is 2.45. The Labute approximate surface area is 87.4 Å². The summed E-state index contributed by atoms with van der Waals surface area (Å²) in [5.74, 6) is 0.691. The van der Waals surface area contributed by atoms with Crippen molar-refractivity contribution < 1.29 is 13.5 Å². The summed E-state index contributed by atoms with van der Waals surface area (Å²) >= 11 is 0. The van der Waals surface area contributed by atoms with Crippen molar-refractivity contribution in [1.29, 1.82) is 0 Å². The lowest BCUT2D eigenvalue weighted by molar-refractivity contribution is -0.0504. The second-order valence-corrected chi connectivity index (χ2v) is 3.65. The summed E-state index contributed by atoms with van der Waals surface area (Å²) in [6, 6.07) is 5.20. The molecule has 0 aromatic heterocycles. The Morgan fingerprint density at radius 3 is 2.67 bits per heavy atom. The minimum atomic E-state index is -2.75. The predicted octanol–water partition coefficient (Wildman–Crippen LogP) is 3.81. The lowest BCUT2D eigenvalue weighted by Gasteiger charge is -2.10. The smallest absolute Gasteiger partial charge is 0.387 e. The van der Waals surface area contributed by atoms with Crippen molar-refractivity contribution in [2.45, 2.75) is 25.4 Å². The van der Waals surface area contributed by atoms with Crippen LogP contribution in [-0.2, 0) is 0 Å². The fraction of sp³-hybridized carbons (Fsp3) is 0.333. The SMILES string of the molecule is C=Cc1ccc(OC(F)F)c(C2CC2)c1. The van der Waals surface area contributed by atoms with Crippen LogP contribution in [0.5, 0.6) is 5.75 Å². The molecule has 0 aliphatic heterocycles. The van der Waals surface area contributed by atoms with Crippen molar-refractivity contribution in [1.82, 2.24) is 0 Å². The van der Waals surface area contributed by atoms with Gasteiger partial charge < -0.3 is 4.74 Å². The molecule has 0 unspecified atom stereocenters. The lowest BCUT2D eigenvalue weighted by Crippen LogP contribution is -2.04. The van der Waals surface area contributed by atoms with Crippen LogP contribution in [0.15, 0.2) is 24.8 Å². The van der Waals surface area contributed by atoms with E-state index in [4.69, 9.17) is 0 Å². The molecule has 1 aromatic rings. The predicted molar refractivity (Wildman–Crippen MR) is 55.1 cm³/mol. The summed E-state index contributed by atoms with van der Waals surface area (Å²) < 4.78 is 28.7. The fourth-order valence-electron chi connectivity index (χ4n) is 1.61. The van der Waals surface area contributed by atoms with Gasteiger partial charge in [-0.25, -0.2) is 0 Å². The Kier molecular flexibility index (Phi) is 2.71. The third kappa shape index (κ3) is 2.35. The highest BCUT2D eigenvalue weighted by molar-refractivity contribution is 5.53. The molecule has 1 nitrogen and oxygen atoms in total. The van der Waals surface area contributed by atoms with E-state index in [1.807, 2.05) is 6.07 Å². The summed E-state index contributed by atoms with van der Waals surface area (Å²) in [6.45, 7) is 0.901. The van der Waals surface area contributed by atoms with Crippen molar-refractivity contribution >= 4 is 6.08 Å². The van der Waals surface area contributed by atoms with Gasteiger partial charge in [0.2, 0.25) is 0 Å². The van der Waals surface area contributed by atoms with Gasteiger partial charge in [0.05, 0.1) is 0 Å². The van der Waals surface area contributed by atoms with Gasteiger partial charge >= 0.3 is 6.61 Å². The summed E-state index contributed by atoms with van der Waals surface area (Å²) in [4.78, 5) is 0. The summed E-state index contributed by atoms with van der Waals surface area (Å²) in [5, 5.41) is 0. The first kappa shape index (κ1) is 10.1. The zero-order valence-electron chi connectivity index (χ0n) is 8.25. The van der Waals surface area contributed by atoms with Crippen LogP contribution in [0.3, 0.4) is 0 Å². The van der Waals surface area contributed by atoms with E-state index in [0.717, 1.165) is 24.0 Å². The molecule has 0 saturated heterocycles. The molecule has 0 bridgehead atoms. The van der Waals surface area contributed by atoms with E-state index in [2.05, 4.69) is 11.3 Å². The van der Waals surface area contributed by atoms with E-state index in [-0.39, 0.29) is 0 Å². The van der Waals surface area contributed by atoms with Crippen LogP contribution in [0.1, 0.15) is 29.9 Å². The molecule has 0 spiro atoms. The second-order valence-electron chi connectivity index (χ2n) is 3.65. The van der Waals surface area contributed by atoms with Gasteiger partial charge in [-0.1, -0.05) is 18.7 Å². The molecule has 0 amide bonds. The van der Waals surface area contributed by atoms with Gasteiger partial charge in [-0.3, -0.25) is 0 Å². The van der Waals surface area contributed by atoms with E-state index < -0.39 is 6.61 Å². The van der Waals surface area contributed by atoms with Crippen molar-refractivity contribution in [2.24, 2.45) is 0 Å². The van der Waals surface area contributed by atoms with Crippen LogP contribution >= 0.6 is 0 Å². The molecule has 80 valence electrons. The Balaban J connectivity index is 2.31. The molecular weight excluding hydrogens is 198 g/mol. The van der Waals surface area contributed by atoms with Crippen LogP contribution in [0.25, 0.3) is 6.08 Å². The fourth-order valence-corrected chi connectivity index (χ4v) is 1.61. The van der Waals surface area contributed by atoms with Crippen molar-refractivity contribution in [3.05, 3.63) is 35.9 Å². The van der Waals surface area contributed by atoms with Crippen LogP contribution in [0.4, 0.5) is 8.78 Å². The first-order chi connectivity index (χ1) is 7.20. The molecule has 2 rings (SSSR count). The van der Waals surface area contributed by atoms with Crippen LogP contribution < -0.4 is 4.74 Å². The van der Waals surface area contributed by atoms with Crippen molar-refractivity contribution in [3.8, 4) is 5.75 Å². The molecule has 15 heavy (non-hydrogen) atoms. The minimum absolute atomic E-state index is 0.304. The largest absolute Gasteiger partial charge is 0.435 e. The minimum Gasteiger partial charge on any atom is -0.435 e. The Bertz CT molecular complexity index is 370. The first-order valence-corrected chi connectivity index (χ1v) is 4.92. The van der Waals surface area contributed by atoms with Crippen LogP contribution in [0, 0.1) is 0 Å². The number of rotatable bonds is 4. The Hall–Kier alpha value is -1.38. The number of hydrogen-bond donors (Lipinski definition) is 0. The topological polar surface area (TPSA) is 9.23 Å². The van der Waals surface area contributed by atoms with Gasteiger partial charge in [-0.15, -0.1) is 0 Å². The van der Waals surface area contributed by atoms with Crippen molar-refractivity contribution in [2.75, 3.05) is 0 Å². The molecule has 0 atom stereocenters. The van der Waals surface area contributed by atoms with Gasteiger partial charge in [-0.2, -0.15) is 8.78 Å². The van der Waals surface area contributed by atoms with Gasteiger partial charge in [0.15, 0.2) is 0 Å². The van der Waals surface area contributed by atoms with Crippen LogP contribution in [-0.4, -0.2) is 6.61 Å². The molecule has 1 aliphatic rings. The number of benzene rings is 1. The van der Waals surface area contributed by atoms with Gasteiger partial charge in [0, 0.05) is 0 Å². The standard InChI is InChI=1S/C12H12F2O/c1-2-8-3-6-11(15-12(13)14)10(7-8)9-4-5-9/h2-3,6-7,9,12H,1,4-5H2. The quantitative estimate of drug-likeness (QED) is 0.734. The molecule has 1 aliphatic carbocycles. The maximum atomic E-state index is 12.1. The van der Waals surface area contributed by atoms with E-state index in [9.17, 15) is 8.78 Å². The summed E-state index contributed by atoms with van der Waals surface area (Å²) in [5.41, 5.74) is 1.83. The van der Waals surface area contributed by atoms with Gasteiger partial charge in [-0.05, 0) is 42.0 Å². The summed E-state index contributed by atoms with van der Waals surface area (Å²) in [6.07, 6.45) is 3.82. The maximum Gasteiger partial charge on any atom is 0.387 e. The lowest BCUT2D eigenvalue weighted by atomic mass is 10.1. The number of hydrogen-bond acceptors (Lipinski definition) is 1. The monoisotopic (exact) mass is 210 g/mol. The van der Waals surface area contributed by atoms with Gasteiger partial charge in [0.1, 0.15) is 5.75 Å². The average Bonchev–Trinajstić information content (AvgIpc) is 3.01. The third-order valence-electron chi connectivity index (χ3n) is 2.50. The molecule has 0 radical (unpaired) electrons. The maximum absolute atomic E-state index is 12.1. The van der Waals surface area contributed by atoms with E-state index in [1.54, 1.807) is 18.2 Å². The number of halogens is 2. The van der Waals surface area contributed by atoms with E-state index in [0.29, 0.717) is 11.7 Å². The van der Waals surface area contributed by atoms with E-state index >= 15 is 0 Å². The highest BCUT2D eigenvalue weighted by atomic mass is 19.3. The van der Waals surface area contributed by atoms with Crippen molar-refractivity contribution in [3.63, 3.8) is 0 Å². The summed E-state index contributed by atoms with van der Waals surface area (Å²) in [7, 11) is 0. The molecular formula is C12H12F2O. The highest BCUT2D eigenvalue weighted by Gasteiger charge is 2.27. The van der Waals surface area contributed by atoms with Gasteiger partial charge in [0.25, 0.3) is 0 Å². The molecule has 3 heteroatoms. The zero-order chi connectivity index (χ0) is 10.8. The normalized spacial score (nSPS) is 15.4. The molecule has 1 aromatic carbocycles. The molecule has 0 N–H and O–H groups in total. The third-order valence-corrected chi connectivity index (χ3v) is 2.50. The van der Waals surface area contributed by atoms with E-state index in [1.165, 1.54) is 0 Å².